The van der Waals surface area contributed by atoms with E-state index in [0.717, 1.165) is 13.0 Å². The van der Waals surface area contributed by atoms with Gasteiger partial charge in [-0.05, 0) is 36.1 Å². The predicted molar refractivity (Wildman–Crippen MR) is 89.2 cm³/mol. The molecule has 2 heterocycles. The Labute approximate surface area is 131 Å². The van der Waals surface area contributed by atoms with Gasteiger partial charge in [-0.3, -0.25) is 4.79 Å². The van der Waals surface area contributed by atoms with E-state index in [2.05, 4.69) is 59.5 Å². The number of ketones is 1. The third kappa shape index (κ3) is 2.07. The zero-order chi connectivity index (χ0) is 15.1. The van der Waals surface area contributed by atoms with Crippen LogP contribution in [0, 0.1) is 0 Å². The van der Waals surface area contributed by atoms with E-state index < -0.39 is 0 Å². The van der Waals surface area contributed by atoms with Crippen LogP contribution >= 0.6 is 0 Å². The second-order valence-electron chi connectivity index (χ2n) is 6.18. The Balaban J connectivity index is 1.89. The Morgan fingerprint density at radius 1 is 1.14 bits per heavy atom. The standard InChI is InChI=1S/C20H19NO/c1-14(22)12-19-18-9-5-3-7-16(18)13-20-17-8-4-2-6-15(17)10-11-21(19)20/h2-9,13,19H,10-12H2,1H3. The summed E-state index contributed by atoms with van der Waals surface area (Å²) in [6, 6.07) is 17.3. The number of hydrogen-bond donors (Lipinski definition) is 0. The molecule has 0 radical (unpaired) electrons. The number of rotatable bonds is 2. The van der Waals surface area contributed by atoms with Gasteiger partial charge in [-0.1, -0.05) is 48.5 Å². The SMILES string of the molecule is CC(=O)CC1c2ccccc2C=C2c3ccccc3CCN21. The number of fused-ring (bicyclic) bond motifs is 4. The van der Waals surface area contributed by atoms with Crippen molar-refractivity contribution >= 4 is 17.6 Å². The van der Waals surface area contributed by atoms with Crippen molar-refractivity contribution in [1.82, 2.24) is 4.90 Å². The molecule has 0 bridgehead atoms. The Morgan fingerprint density at radius 3 is 2.77 bits per heavy atom. The van der Waals surface area contributed by atoms with Gasteiger partial charge in [-0.15, -0.1) is 0 Å². The summed E-state index contributed by atoms with van der Waals surface area (Å²) in [6.07, 6.45) is 3.91. The fraction of sp³-hybridized carbons (Fsp3) is 0.250. The van der Waals surface area contributed by atoms with Crippen LogP contribution in [-0.2, 0) is 11.2 Å². The minimum absolute atomic E-state index is 0.169. The molecule has 0 fully saturated rings. The molecule has 1 unspecified atom stereocenters. The molecule has 2 aromatic carbocycles. The van der Waals surface area contributed by atoms with Gasteiger partial charge in [0.05, 0.1) is 6.04 Å². The van der Waals surface area contributed by atoms with Gasteiger partial charge in [-0.25, -0.2) is 0 Å². The normalized spacial score (nSPS) is 18.9. The predicted octanol–water partition coefficient (Wildman–Crippen LogP) is 4.08. The first-order valence-corrected chi connectivity index (χ1v) is 7.89. The van der Waals surface area contributed by atoms with E-state index in [1.54, 1.807) is 6.92 Å². The summed E-state index contributed by atoms with van der Waals surface area (Å²) in [5.74, 6) is 0.250. The highest BCUT2D eigenvalue weighted by molar-refractivity contribution is 5.87. The molecule has 110 valence electrons. The zero-order valence-corrected chi connectivity index (χ0v) is 12.8. The van der Waals surface area contributed by atoms with Crippen LogP contribution in [0.5, 0.6) is 0 Å². The maximum absolute atomic E-state index is 11.8. The third-order valence-electron chi connectivity index (χ3n) is 4.73. The van der Waals surface area contributed by atoms with Crippen molar-refractivity contribution in [1.29, 1.82) is 0 Å². The Morgan fingerprint density at radius 2 is 1.91 bits per heavy atom. The van der Waals surface area contributed by atoms with E-state index in [9.17, 15) is 4.79 Å². The topological polar surface area (TPSA) is 20.3 Å². The number of carbonyl (C=O) groups is 1. The van der Waals surface area contributed by atoms with Gasteiger partial charge in [-0.2, -0.15) is 0 Å². The van der Waals surface area contributed by atoms with Gasteiger partial charge in [0.2, 0.25) is 0 Å². The number of hydrogen-bond acceptors (Lipinski definition) is 2. The summed E-state index contributed by atoms with van der Waals surface area (Å²) in [5.41, 5.74) is 6.52. The fourth-order valence-corrected chi connectivity index (χ4v) is 3.74. The van der Waals surface area contributed by atoms with Crippen LogP contribution in [0.3, 0.4) is 0 Å². The van der Waals surface area contributed by atoms with Crippen molar-refractivity contribution in [2.45, 2.75) is 25.8 Å². The molecule has 0 aromatic heterocycles. The summed E-state index contributed by atoms with van der Waals surface area (Å²) in [4.78, 5) is 14.2. The number of Topliss-reactive ketones (excluding diaryl/α,β-unsaturated/α-hetero) is 1. The van der Waals surface area contributed by atoms with Crippen LogP contribution < -0.4 is 0 Å². The van der Waals surface area contributed by atoms with Crippen molar-refractivity contribution in [2.24, 2.45) is 0 Å². The molecule has 1 atom stereocenters. The Bertz CT molecular complexity index is 775. The maximum atomic E-state index is 11.8. The van der Waals surface area contributed by atoms with Crippen LogP contribution in [0.2, 0.25) is 0 Å². The molecule has 0 saturated heterocycles. The number of carbonyl (C=O) groups excluding carboxylic acids is 1. The van der Waals surface area contributed by atoms with Crippen molar-refractivity contribution in [3.63, 3.8) is 0 Å². The molecule has 2 nitrogen and oxygen atoms in total. The Kier molecular flexibility index (Phi) is 3.11. The molecule has 2 aliphatic rings. The average molecular weight is 289 g/mol. The van der Waals surface area contributed by atoms with Crippen LogP contribution in [0.25, 0.3) is 11.8 Å². The van der Waals surface area contributed by atoms with Gasteiger partial charge >= 0.3 is 0 Å². The molecule has 4 rings (SSSR count). The molecule has 2 aromatic rings. The molecule has 0 aliphatic carbocycles. The molecule has 0 amide bonds. The highest BCUT2D eigenvalue weighted by Gasteiger charge is 2.32. The molecule has 2 aliphatic heterocycles. The first-order chi connectivity index (χ1) is 10.7. The zero-order valence-electron chi connectivity index (χ0n) is 12.8. The molecule has 0 N–H and O–H groups in total. The van der Waals surface area contributed by atoms with E-state index in [4.69, 9.17) is 0 Å². The highest BCUT2D eigenvalue weighted by Crippen LogP contribution is 2.43. The van der Waals surface area contributed by atoms with E-state index in [0.29, 0.717) is 6.42 Å². The summed E-state index contributed by atoms with van der Waals surface area (Å²) in [7, 11) is 0. The maximum Gasteiger partial charge on any atom is 0.132 e. The first kappa shape index (κ1) is 13.3. The quantitative estimate of drug-likeness (QED) is 0.830. The first-order valence-electron chi connectivity index (χ1n) is 7.89. The summed E-state index contributed by atoms with van der Waals surface area (Å²) < 4.78 is 0. The lowest BCUT2D eigenvalue weighted by Gasteiger charge is -2.42. The Hall–Kier alpha value is -2.35. The van der Waals surface area contributed by atoms with E-state index in [-0.39, 0.29) is 11.8 Å². The fourth-order valence-electron chi connectivity index (χ4n) is 3.74. The molecular weight excluding hydrogens is 270 g/mol. The van der Waals surface area contributed by atoms with Gasteiger partial charge in [0.1, 0.15) is 5.78 Å². The largest absolute Gasteiger partial charge is 0.363 e. The second kappa shape index (κ2) is 5.13. The summed E-state index contributed by atoms with van der Waals surface area (Å²) in [5, 5.41) is 0. The van der Waals surface area contributed by atoms with Crippen LogP contribution in [0.4, 0.5) is 0 Å². The lowest BCUT2D eigenvalue weighted by Crippen LogP contribution is -2.36. The lowest BCUT2D eigenvalue weighted by atomic mass is 9.85. The molecular formula is C20H19NO. The number of nitrogens with zero attached hydrogens (tertiary/aromatic N) is 1. The van der Waals surface area contributed by atoms with E-state index in [1.165, 1.54) is 28.0 Å². The monoisotopic (exact) mass is 289 g/mol. The lowest BCUT2D eigenvalue weighted by molar-refractivity contribution is -0.118. The molecule has 0 spiro atoms. The molecule has 22 heavy (non-hydrogen) atoms. The second-order valence-corrected chi connectivity index (χ2v) is 6.18. The van der Waals surface area contributed by atoms with E-state index in [1.807, 2.05) is 0 Å². The molecule has 0 saturated carbocycles. The minimum atomic E-state index is 0.169. The smallest absolute Gasteiger partial charge is 0.132 e. The van der Waals surface area contributed by atoms with Crippen molar-refractivity contribution < 1.29 is 4.79 Å². The van der Waals surface area contributed by atoms with Crippen molar-refractivity contribution in [2.75, 3.05) is 6.54 Å². The van der Waals surface area contributed by atoms with Crippen LogP contribution in [-0.4, -0.2) is 17.2 Å². The summed E-state index contributed by atoms with van der Waals surface area (Å²) >= 11 is 0. The van der Waals surface area contributed by atoms with Gasteiger partial charge in [0.15, 0.2) is 0 Å². The van der Waals surface area contributed by atoms with Crippen molar-refractivity contribution in [3.8, 4) is 0 Å². The highest BCUT2D eigenvalue weighted by atomic mass is 16.1. The van der Waals surface area contributed by atoms with Crippen LogP contribution in [0.1, 0.15) is 41.6 Å². The minimum Gasteiger partial charge on any atom is -0.363 e. The van der Waals surface area contributed by atoms with Gasteiger partial charge < -0.3 is 4.90 Å². The van der Waals surface area contributed by atoms with Crippen molar-refractivity contribution in [3.05, 3.63) is 70.8 Å². The van der Waals surface area contributed by atoms with Gasteiger partial charge in [0, 0.05) is 24.2 Å². The summed E-state index contributed by atoms with van der Waals surface area (Å²) in [6.45, 7) is 2.67. The number of benzene rings is 2. The van der Waals surface area contributed by atoms with Crippen LogP contribution in [0.15, 0.2) is 48.5 Å². The third-order valence-corrected chi connectivity index (χ3v) is 4.73. The van der Waals surface area contributed by atoms with E-state index >= 15 is 0 Å². The molecule has 2 heteroatoms. The van der Waals surface area contributed by atoms with Gasteiger partial charge in [0.25, 0.3) is 0 Å². The average Bonchev–Trinajstić information content (AvgIpc) is 2.54.